The molecule has 1 radical (unpaired) electrons. The highest BCUT2D eigenvalue weighted by Gasteiger charge is 2.13. The summed E-state index contributed by atoms with van der Waals surface area (Å²) < 4.78 is 5.90. The first-order valence-corrected chi connectivity index (χ1v) is 5.92. The summed E-state index contributed by atoms with van der Waals surface area (Å²) in [5, 5.41) is 0. The molecule has 1 nitrogen and oxygen atoms in total. The minimum absolute atomic E-state index is 0.0131. The molecule has 2 rings (SSSR count). The number of ether oxygens (including phenoxy) is 1. The molecule has 0 fully saturated rings. The highest BCUT2D eigenvalue weighted by molar-refractivity contribution is 5.29. The third-order valence-corrected chi connectivity index (χ3v) is 2.63. The monoisotopic (exact) mass is 225 g/mol. The molecule has 0 aliphatic heterocycles. The van der Waals surface area contributed by atoms with E-state index in [9.17, 15) is 0 Å². The van der Waals surface area contributed by atoms with Gasteiger partial charge in [-0.1, -0.05) is 67.6 Å². The van der Waals surface area contributed by atoms with Gasteiger partial charge in [-0.15, -0.1) is 0 Å². The minimum atomic E-state index is 0.0131. The zero-order valence-electron chi connectivity index (χ0n) is 9.88. The standard InChI is InChI=1S/C16H17O/c1-2-13-17-16(14-9-5-3-6-10-14)15-11-7-4-8-12-15/h3-12,16H,1-2,13H2. The smallest absolute Gasteiger partial charge is 0.108 e. The van der Waals surface area contributed by atoms with Crippen molar-refractivity contribution in [2.45, 2.75) is 12.5 Å². The summed E-state index contributed by atoms with van der Waals surface area (Å²) in [6.45, 7) is 4.50. The fraction of sp³-hybridized carbons (Fsp3) is 0.188. The topological polar surface area (TPSA) is 9.23 Å². The maximum absolute atomic E-state index is 5.90. The summed E-state index contributed by atoms with van der Waals surface area (Å²) in [7, 11) is 0. The highest BCUT2D eigenvalue weighted by atomic mass is 16.5. The Morgan fingerprint density at radius 3 is 1.71 bits per heavy atom. The van der Waals surface area contributed by atoms with E-state index in [1.807, 2.05) is 36.4 Å². The summed E-state index contributed by atoms with van der Waals surface area (Å²) in [4.78, 5) is 0. The molecule has 0 aromatic heterocycles. The van der Waals surface area contributed by atoms with Gasteiger partial charge in [-0.25, -0.2) is 0 Å². The second kappa shape index (κ2) is 6.21. The summed E-state index contributed by atoms with van der Waals surface area (Å²) in [5.74, 6) is 0. The molecule has 0 saturated carbocycles. The first-order chi connectivity index (χ1) is 8.42. The number of hydrogen-bond donors (Lipinski definition) is 0. The summed E-state index contributed by atoms with van der Waals surface area (Å²) in [6.07, 6.45) is 0.801. The van der Waals surface area contributed by atoms with Crippen LogP contribution in [0.3, 0.4) is 0 Å². The van der Waals surface area contributed by atoms with Gasteiger partial charge in [0.05, 0.1) is 0 Å². The van der Waals surface area contributed by atoms with Gasteiger partial charge in [-0.3, -0.25) is 0 Å². The predicted octanol–water partition coefficient (Wildman–Crippen LogP) is 4.02. The molecule has 0 atom stereocenters. The molecule has 2 aromatic carbocycles. The first-order valence-electron chi connectivity index (χ1n) is 5.92. The Kier molecular flexibility index (Phi) is 4.34. The van der Waals surface area contributed by atoms with E-state index in [0.29, 0.717) is 6.61 Å². The molecule has 0 aliphatic rings. The van der Waals surface area contributed by atoms with Gasteiger partial charge in [0, 0.05) is 6.61 Å². The van der Waals surface area contributed by atoms with E-state index in [4.69, 9.17) is 4.74 Å². The molecular formula is C16H17O. The van der Waals surface area contributed by atoms with Crippen LogP contribution in [0.25, 0.3) is 0 Å². The van der Waals surface area contributed by atoms with E-state index >= 15 is 0 Å². The van der Waals surface area contributed by atoms with E-state index in [1.165, 1.54) is 11.1 Å². The van der Waals surface area contributed by atoms with Crippen LogP contribution >= 0.6 is 0 Å². The lowest BCUT2D eigenvalue weighted by Crippen LogP contribution is -2.06. The molecule has 0 amide bonds. The van der Waals surface area contributed by atoms with Crippen LogP contribution in [-0.2, 0) is 4.74 Å². The van der Waals surface area contributed by atoms with Crippen molar-refractivity contribution in [3.8, 4) is 0 Å². The van der Waals surface area contributed by atoms with Crippen molar-refractivity contribution < 1.29 is 4.74 Å². The van der Waals surface area contributed by atoms with Gasteiger partial charge in [0.15, 0.2) is 0 Å². The maximum Gasteiger partial charge on any atom is 0.108 e. The first kappa shape index (κ1) is 11.9. The van der Waals surface area contributed by atoms with Gasteiger partial charge in [0.1, 0.15) is 6.10 Å². The van der Waals surface area contributed by atoms with Gasteiger partial charge in [0.2, 0.25) is 0 Å². The third kappa shape index (κ3) is 3.18. The van der Waals surface area contributed by atoms with Gasteiger partial charge >= 0.3 is 0 Å². The van der Waals surface area contributed by atoms with E-state index in [1.54, 1.807) is 0 Å². The van der Waals surface area contributed by atoms with E-state index in [2.05, 4.69) is 31.2 Å². The molecule has 87 valence electrons. The average molecular weight is 225 g/mol. The highest BCUT2D eigenvalue weighted by Crippen LogP contribution is 2.25. The van der Waals surface area contributed by atoms with Crippen LogP contribution in [0.4, 0.5) is 0 Å². The third-order valence-electron chi connectivity index (χ3n) is 2.63. The summed E-state index contributed by atoms with van der Waals surface area (Å²) in [6, 6.07) is 20.6. The van der Waals surface area contributed by atoms with Crippen molar-refractivity contribution in [1.29, 1.82) is 0 Å². The van der Waals surface area contributed by atoms with Crippen molar-refractivity contribution in [2.75, 3.05) is 6.61 Å². The Labute approximate surface area is 103 Å². The lowest BCUT2D eigenvalue weighted by atomic mass is 10.0. The Balaban J connectivity index is 2.26. The molecule has 0 unspecified atom stereocenters. The van der Waals surface area contributed by atoms with Crippen molar-refractivity contribution in [2.24, 2.45) is 0 Å². The fourth-order valence-electron chi connectivity index (χ4n) is 1.84. The molecule has 2 aromatic rings. The van der Waals surface area contributed by atoms with Crippen molar-refractivity contribution in [3.05, 3.63) is 78.7 Å². The zero-order chi connectivity index (χ0) is 11.9. The summed E-state index contributed by atoms with van der Waals surface area (Å²) in [5.41, 5.74) is 2.37. The van der Waals surface area contributed by atoms with Gasteiger partial charge in [0.25, 0.3) is 0 Å². The molecule has 0 bridgehead atoms. The molecule has 0 saturated heterocycles. The quantitative estimate of drug-likeness (QED) is 0.747. The van der Waals surface area contributed by atoms with Crippen LogP contribution in [0.1, 0.15) is 23.7 Å². The molecule has 1 heteroatoms. The molecule has 0 N–H and O–H groups in total. The molecule has 0 spiro atoms. The second-order valence-corrected chi connectivity index (χ2v) is 3.93. The fourth-order valence-corrected chi connectivity index (χ4v) is 1.84. The van der Waals surface area contributed by atoms with E-state index in [-0.39, 0.29) is 6.10 Å². The number of rotatable bonds is 5. The maximum atomic E-state index is 5.90. The van der Waals surface area contributed by atoms with Crippen LogP contribution < -0.4 is 0 Å². The Morgan fingerprint density at radius 1 is 0.824 bits per heavy atom. The number of benzene rings is 2. The van der Waals surface area contributed by atoms with Crippen LogP contribution in [0.5, 0.6) is 0 Å². The average Bonchev–Trinajstić information content (AvgIpc) is 2.42. The van der Waals surface area contributed by atoms with Crippen LogP contribution in [0.15, 0.2) is 60.7 Å². The van der Waals surface area contributed by atoms with Gasteiger partial charge in [-0.05, 0) is 17.5 Å². The molecule has 0 aliphatic carbocycles. The van der Waals surface area contributed by atoms with Crippen molar-refractivity contribution >= 4 is 0 Å². The van der Waals surface area contributed by atoms with Crippen molar-refractivity contribution in [3.63, 3.8) is 0 Å². The van der Waals surface area contributed by atoms with Crippen LogP contribution in [-0.4, -0.2) is 6.61 Å². The van der Waals surface area contributed by atoms with Gasteiger partial charge in [-0.2, -0.15) is 0 Å². The van der Waals surface area contributed by atoms with Crippen molar-refractivity contribution in [1.82, 2.24) is 0 Å². The second-order valence-electron chi connectivity index (χ2n) is 3.93. The van der Waals surface area contributed by atoms with E-state index in [0.717, 1.165) is 6.42 Å². The lowest BCUT2D eigenvalue weighted by Gasteiger charge is -2.18. The number of hydrogen-bond acceptors (Lipinski definition) is 1. The normalized spacial score (nSPS) is 10.7. The molecule has 0 heterocycles. The Hall–Kier alpha value is -1.60. The van der Waals surface area contributed by atoms with Gasteiger partial charge < -0.3 is 4.74 Å². The molecular weight excluding hydrogens is 208 g/mol. The zero-order valence-corrected chi connectivity index (χ0v) is 9.88. The summed E-state index contributed by atoms with van der Waals surface area (Å²) >= 11 is 0. The minimum Gasteiger partial charge on any atom is -0.369 e. The van der Waals surface area contributed by atoms with Crippen LogP contribution in [0, 0.1) is 6.92 Å². The predicted molar refractivity (Wildman–Crippen MR) is 70.7 cm³/mol. The lowest BCUT2D eigenvalue weighted by molar-refractivity contribution is 0.0835. The SMILES string of the molecule is [CH2]CCOC(c1ccccc1)c1ccccc1. The largest absolute Gasteiger partial charge is 0.369 e. The van der Waals surface area contributed by atoms with E-state index < -0.39 is 0 Å². The Morgan fingerprint density at radius 2 is 1.29 bits per heavy atom. The van der Waals surface area contributed by atoms with Crippen LogP contribution in [0.2, 0.25) is 0 Å². The Bertz CT molecular complexity index is 382. The molecule has 17 heavy (non-hydrogen) atoms.